The summed E-state index contributed by atoms with van der Waals surface area (Å²) >= 11 is 7.54. The summed E-state index contributed by atoms with van der Waals surface area (Å²) in [7, 11) is 0. The van der Waals surface area contributed by atoms with E-state index < -0.39 is 5.91 Å². The van der Waals surface area contributed by atoms with Crippen molar-refractivity contribution in [3.8, 4) is 0 Å². The average Bonchev–Trinajstić information content (AvgIpc) is 2.75. The van der Waals surface area contributed by atoms with Gasteiger partial charge in [0, 0.05) is 16.0 Å². The van der Waals surface area contributed by atoms with Crippen LogP contribution < -0.4 is 11.1 Å². The molecule has 1 aromatic carbocycles. The largest absolute Gasteiger partial charge is 0.365 e. The van der Waals surface area contributed by atoms with Crippen LogP contribution in [0, 0.1) is 0 Å². The standard InChI is InChI=1S/C19H19ClN2O2S/c20-14-8-5-4-6-12(14)10-11-16(23)22-19-17(18(21)24)13-7-2-1-3-9-15(13)25-19/h4-6,8,10-11H,1-3,7,9H2,(H2,21,24)(H,22,23)/b11-10+. The maximum Gasteiger partial charge on any atom is 0.251 e. The first-order valence-corrected chi connectivity index (χ1v) is 9.43. The normalized spacial score (nSPS) is 14.1. The quantitative estimate of drug-likeness (QED) is 0.614. The van der Waals surface area contributed by atoms with Crippen molar-refractivity contribution in [1.29, 1.82) is 0 Å². The van der Waals surface area contributed by atoms with Crippen LogP contribution in [0.25, 0.3) is 6.08 Å². The van der Waals surface area contributed by atoms with Gasteiger partial charge in [0.05, 0.1) is 5.56 Å². The van der Waals surface area contributed by atoms with Gasteiger partial charge in [-0.15, -0.1) is 11.3 Å². The van der Waals surface area contributed by atoms with Gasteiger partial charge in [-0.2, -0.15) is 0 Å². The maximum atomic E-state index is 12.3. The van der Waals surface area contributed by atoms with Crippen LogP contribution in [-0.4, -0.2) is 11.8 Å². The number of nitrogens with one attached hydrogen (secondary N) is 1. The Kier molecular flexibility index (Phi) is 5.56. The van der Waals surface area contributed by atoms with Crippen molar-refractivity contribution in [1.82, 2.24) is 0 Å². The Morgan fingerprint density at radius 2 is 1.92 bits per heavy atom. The monoisotopic (exact) mass is 374 g/mol. The lowest BCUT2D eigenvalue weighted by atomic mass is 10.1. The minimum Gasteiger partial charge on any atom is -0.365 e. The van der Waals surface area contributed by atoms with Gasteiger partial charge in [0.2, 0.25) is 5.91 Å². The van der Waals surface area contributed by atoms with Crippen LogP contribution in [0.2, 0.25) is 5.02 Å². The predicted octanol–water partition coefficient (Wildman–Crippen LogP) is 4.42. The summed E-state index contributed by atoms with van der Waals surface area (Å²) < 4.78 is 0. The summed E-state index contributed by atoms with van der Waals surface area (Å²) in [6, 6.07) is 7.28. The Morgan fingerprint density at radius 3 is 2.68 bits per heavy atom. The molecule has 3 N–H and O–H groups in total. The molecule has 1 aliphatic carbocycles. The fourth-order valence-electron chi connectivity index (χ4n) is 3.02. The van der Waals surface area contributed by atoms with Crippen molar-refractivity contribution in [3.63, 3.8) is 0 Å². The highest BCUT2D eigenvalue weighted by Crippen LogP contribution is 2.37. The molecule has 0 spiro atoms. The van der Waals surface area contributed by atoms with E-state index >= 15 is 0 Å². The van der Waals surface area contributed by atoms with Gasteiger partial charge in [0.15, 0.2) is 0 Å². The highest BCUT2D eigenvalue weighted by molar-refractivity contribution is 7.17. The molecule has 3 rings (SSSR count). The Bertz CT molecular complexity index is 842. The predicted molar refractivity (Wildman–Crippen MR) is 103 cm³/mol. The van der Waals surface area contributed by atoms with E-state index in [0.29, 0.717) is 15.6 Å². The number of anilines is 1. The SMILES string of the molecule is NC(=O)c1c(NC(=O)/C=C/c2ccccc2Cl)sc2c1CCCCC2. The summed E-state index contributed by atoms with van der Waals surface area (Å²) in [6.45, 7) is 0. The van der Waals surface area contributed by atoms with E-state index in [0.717, 1.165) is 48.1 Å². The van der Waals surface area contributed by atoms with Crippen molar-refractivity contribution in [2.45, 2.75) is 32.1 Å². The van der Waals surface area contributed by atoms with Gasteiger partial charge in [-0.1, -0.05) is 36.2 Å². The second-order valence-corrected chi connectivity index (χ2v) is 7.49. The van der Waals surface area contributed by atoms with Gasteiger partial charge in [-0.25, -0.2) is 0 Å². The van der Waals surface area contributed by atoms with Crippen molar-refractivity contribution in [2.24, 2.45) is 5.73 Å². The second-order valence-electron chi connectivity index (χ2n) is 5.98. The molecule has 0 fully saturated rings. The molecule has 0 unspecified atom stereocenters. The molecule has 6 heteroatoms. The van der Waals surface area contributed by atoms with E-state index in [-0.39, 0.29) is 5.91 Å². The highest BCUT2D eigenvalue weighted by Gasteiger charge is 2.23. The van der Waals surface area contributed by atoms with Gasteiger partial charge >= 0.3 is 0 Å². The number of primary amides is 1. The molecule has 1 heterocycles. The Hall–Kier alpha value is -2.11. The van der Waals surface area contributed by atoms with Crippen molar-refractivity contribution in [3.05, 3.63) is 56.9 Å². The number of fused-ring (bicyclic) bond motifs is 1. The highest BCUT2D eigenvalue weighted by atomic mass is 35.5. The number of carbonyl (C=O) groups is 2. The molecule has 0 atom stereocenters. The van der Waals surface area contributed by atoms with Gasteiger partial charge in [0.25, 0.3) is 5.91 Å². The molecule has 0 saturated carbocycles. The summed E-state index contributed by atoms with van der Waals surface area (Å²) in [6.07, 6.45) is 8.15. The number of carbonyl (C=O) groups excluding carboxylic acids is 2. The van der Waals surface area contributed by atoms with Gasteiger partial charge in [-0.3, -0.25) is 9.59 Å². The first-order valence-electron chi connectivity index (χ1n) is 8.24. The molecular weight excluding hydrogens is 356 g/mol. The van der Waals surface area contributed by atoms with E-state index in [2.05, 4.69) is 5.32 Å². The zero-order chi connectivity index (χ0) is 17.8. The zero-order valence-corrected chi connectivity index (χ0v) is 15.3. The molecule has 1 aliphatic rings. The van der Waals surface area contributed by atoms with Crippen LogP contribution in [0.1, 0.15) is 45.6 Å². The molecule has 1 aromatic heterocycles. The molecule has 2 amide bonds. The third-order valence-electron chi connectivity index (χ3n) is 4.22. The number of aryl methyl sites for hydroxylation is 1. The number of nitrogens with two attached hydrogens (primary N) is 1. The van der Waals surface area contributed by atoms with Gasteiger partial charge in [-0.05, 0) is 49.0 Å². The Balaban J connectivity index is 1.81. The zero-order valence-electron chi connectivity index (χ0n) is 13.7. The van der Waals surface area contributed by atoms with E-state index in [1.54, 1.807) is 12.1 Å². The summed E-state index contributed by atoms with van der Waals surface area (Å²) in [5.41, 5.74) is 7.82. The molecule has 25 heavy (non-hydrogen) atoms. The van der Waals surface area contributed by atoms with Crippen LogP contribution >= 0.6 is 22.9 Å². The van der Waals surface area contributed by atoms with Gasteiger partial charge in [0.1, 0.15) is 5.00 Å². The van der Waals surface area contributed by atoms with Crippen LogP contribution in [-0.2, 0) is 17.6 Å². The molecule has 0 saturated heterocycles. The second kappa shape index (κ2) is 7.85. The van der Waals surface area contributed by atoms with Crippen molar-refractivity contribution >= 4 is 45.8 Å². The van der Waals surface area contributed by atoms with E-state index in [4.69, 9.17) is 17.3 Å². The van der Waals surface area contributed by atoms with Crippen molar-refractivity contribution < 1.29 is 9.59 Å². The number of rotatable bonds is 4. The average molecular weight is 375 g/mol. The minimum atomic E-state index is -0.482. The smallest absolute Gasteiger partial charge is 0.251 e. The number of hydrogen-bond acceptors (Lipinski definition) is 3. The lowest BCUT2D eigenvalue weighted by Gasteiger charge is -2.04. The number of amides is 2. The molecule has 0 aliphatic heterocycles. The molecule has 2 aromatic rings. The lowest BCUT2D eigenvalue weighted by molar-refractivity contribution is -0.111. The number of benzene rings is 1. The summed E-state index contributed by atoms with van der Waals surface area (Å²) in [4.78, 5) is 25.3. The summed E-state index contributed by atoms with van der Waals surface area (Å²) in [5, 5.41) is 3.93. The third-order valence-corrected chi connectivity index (χ3v) is 5.78. The van der Waals surface area contributed by atoms with Crippen LogP contribution in [0.5, 0.6) is 0 Å². The molecule has 130 valence electrons. The first-order chi connectivity index (χ1) is 12.1. The lowest BCUT2D eigenvalue weighted by Crippen LogP contribution is -2.16. The third kappa shape index (κ3) is 4.11. The number of halogens is 1. The van der Waals surface area contributed by atoms with Crippen LogP contribution in [0.4, 0.5) is 5.00 Å². The van der Waals surface area contributed by atoms with Gasteiger partial charge < -0.3 is 11.1 Å². The van der Waals surface area contributed by atoms with Crippen LogP contribution in [0.15, 0.2) is 30.3 Å². The maximum absolute atomic E-state index is 12.3. The molecular formula is C19H19ClN2O2S. The fourth-order valence-corrected chi connectivity index (χ4v) is 4.52. The topological polar surface area (TPSA) is 72.2 Å². The molecule has 0 bridgehead atoms. The van der Waals surface area contributed by atoms with E-state index in [9.17, 15) is 9.59 Å². The number of hydrogen-bond donors (Lipinski definition) is 2. The first kappa shape index (κ1) is 17.7. The van der Waals surface area contributed by atoms with Crippen molar-refractivity contribution in [2.75, 3.05) is 5.32 Å². The molecule has 4 nitrogen and oxygen atoms in total. The number of thiophene rings is 1. The molecule has 0 radical (unpaired) electrons. The Labute approximate surface area is 155 Å². The minimum absolute atomic E-state index is 0.307. The Morgan fingerprint density at radius 1 is 1.16 bits per heavy atom. The fraction of sp³-hybridized carbons (Fsp3) is 0.263. The summed E-state index contributed by atoms with van der Waals surface area (Å²) in [5.74, 6) is -0.788. The van der Waals surface area contributed by atoms with Crippen LogP contribution in [0.3, 0.4) is 0 Å². The van der Waals surface area contributed by atoms with E-state index in [1.807, 2.05) is 18.2 Å². The van der Waals surface area contributed by atoms with E-state index in [1.165, 1.54) is 17.4 Å².